The van der Waals surface area contributed by atoms with Crippen LogP contribution in [0.15, 0.2) is 0 Å². The summed E-state index contributed by atoms with van der Waals surface area (Å²) < 4.78 is 0. The van der Waals surface area contributed by atoms with Crippen LogP contribution in [-0.4, -0.2) is 13.1 Å². The van der Waals surface area contributed by atoms with Gasteiger partial charge in [0, 0.05) is 0 Å². The lowest BCUT2D eigenvalue weighted by atomic mass is 9.98. The Hall–Kier alpha value is -0.0400. The molecule has 0 aromatic heterocycles. The van der Waals surface area contributed by atoms with Gasteiger partial charge in [0.25, 0.3) is 0 Å². The summed E-state index contributed by atoms with van der Waals surface area (Å²) in [7, 11) is 0. The number of rotatable bonds is 4. The third kappa shape index (κ3) is 2.22. The molecule has 0 heterocycles. The maximum atomic E-state index is 3.62. The Bertz CT molecular complexity index is 140. The summed E-state index contributed by atoms with van der Waals surface area (Å²) >= 11 is 0. The molecule has 1 N–H and O–H groups in total. The van der Waals surface area contributed by atoms with Gasteiger partial charge in [0.2, 0.25) is 0 Å². The van der Waals surface area contributed by atoms with Crippen LogP contribution in [-0.2, 0) is 0 Å². The van der Waals surface area contributed by atoms with Crippen molar-refractivity contribution in [2.75, 3.05) is 13.1 Å². The highest BCUT2D eigenvalue weighted by Crippen LogP contribution is 2.31. The maximum Gasteiger partial charge on any atom is -0.00179 e. The highest BCUT2D eigenvalue weighted by Gasteiger charge is 2.24. The second-order valence-electron chi connectivity index (χ2n) is 4.77. The molecular formula is C11H21N. The molecule has 1 heteroatoms. The van der Waals surface area contributed by atoms with E-state index in [0.717, 1.165) is 17.8 Å². The van der Waals surface area contributed by atoms with Gasteiger partial charge in [0.15, 0.2) is 0 Å². The minimum atomic E-state index is 0.983. The van der Waals surface area contributed by atoms with Crippen molar-refractivity contribution in [1.29, 1.82) is 0 Å². The van der Waals surface area contributed by atoms with Crippen molar-refractivity contribution in [2.45, 2.75) is 39.0 Å². The van der Waals surface area contributed by atoms with Crippen LogP contribution in [0.5, 0.6) is 0 Å². The van der Waals surface area contributed by atoms with Gasteiger partial charge in [-0.1, -0.05) is 19.8 Å². The molecular weight excluding hydrogens is 146 g/mol. The largest absolute Gasteiger partial charge is 0.316 e. The summed E-state index contributed by atoms with van der Waals surface area (Å²) in [6.07, 6.45) is 7.37. The topological polar surface area (TPSA) is 12.0 Å². The van der Waals surface area contributed by atoms with E-state index in [1.54, 1.807) is 0 Å². The molecule has 2 aliphatic rings. The molecule has 0 radical (unpaired) electrons. The van der Waals surface area contributed by atoms with Gasteiger partial charge < -0.3 is 5.32 Å². The van der Waals surface area contributed by atoms with Gasteiger partial charge in [-0.3, -0.25) is 0 Å². The van der Waals surface area contributed by atoms with Crippen LogP contribution in [0.25, 0.3) is 0 Å². The predicted octanol–water partition coefficient (Wildman–Crippen LogP) is 2.42. The Kier molecular flexibility index (Phi) is 2.69. The zero-order chi connectivity index (χ0) is 8.39. The van der Waals surface area contributed by atoms with Crippen LogP contribution in [0.4, 0.5) is 0 Å². The van der Waals surface area contributed by atoms with E-state index in [1.807, 2.05) is 0 Å². The van der Waals surface area contributed by atoms with Gasteiger partial charge in [-0.25, -0.2) is 0 Å². The summed E-state index contributed by atoms with van der Waals surface area (Å²) in [5.74, 6) is 3.02. The molecule has 2 atom stereocenters. The van der Waals surface area contributed by atoms with Crippen molar-refractivity contribution in [1.82, 2.24) is 5.32 Å². The van der Waals surface area contributed by atoms with E-state index < -0.39 is 0 Å². The Morgan fingerprint density at radius 1 is 1.08 bits per heavy atom. The maximum absolute atomic E-state index is 3.62. The average molecular weight is 167 g/mol. The number of hydrogen-bond donors (Lipinski definition) is 1. The monoisotopic (exact) mass is 167 g/mol. The first-order valence-corrected chi connectivity index (χ1v) is 5.57. The lowest BCUT2D eigenvalue weighted by Crippen LogP contribution is -2.26. The number of nitrogens with one attached hydrogen (secondary N) is 1. The van der Waals surface area contributed by atoms with Gasteiger partial charge in [-0.15, -0.1) is 0 Å². The first-order chi connectivity index (χ1) is 5.86. The minimum absolute atomic E-state index is 0.983. The van der Waals surface area contributed by atoms with Crippen LogP contribution >= 0.6 is 0 Å². The summed E-state index contributed by atoms with van der Waals surface area (Å²) in [5, 5.41) is 3.62. The summed E-state index contributed by atoms with van der Waals surface area (Å²) in [6.45, 7) is 5.00. The molecule has 2 aliphatic carbocycles. The molecule has 12 heavy (non-hydrogen) atoms. The van der Waals surface area contributed by atoms with Crippen molar-refractivity contribution in [3.63, 3.8) is 0 Å². The molecule has 0 spiro atoms. The van der Waals surface area contributed by atoms with E-state index in [9.17, 15) is 0 Å². The first kappa shape index (κ1) is 8.55. The fourth-order valence-corrected chi connectivity index (χ4v) is 2.32. The second-order valence-corrected chi connectivity index (χ2v) is 4.77. The van der Waals surface area contributed by atoms with E-state index in [1.165, 1.54) is 45.2 Å². The Balaban J connectivity index is 1.58. The zero-order valence-corrected chi connectivity index (χ0v) is 8.18. The fraction of sp³-hybridized carbons (Fsp3) is 1.00. The van der Waals surface area contributed by atoms with Gasteiger partial charge in [0.1, 0.15) is 0 Å². The standard InChI is InChI=1S/C11H21N/c1-9-3-2-4-11(9)8-12-7-10-5-6-10/h9-12H,2-8H2,1H3. The Labute approximate surface area is 75.9 Å². The van der Waals surface area contributed by atoms with Crippen molar-refractivity contribution in [3.05, 3.63) is 0 Å². The molecule has 0 aromatic rings. The van der Waals surface area contributed by atoms with Crippen molar-refractivity contribution in [2.24, 2.45) is 17.8 Å². The first-order valence-electron chi connectivity index (χ1n) is 5.57. The Morgan fingerprint density at radius 3 is 2.50 bits per heavy atom. The fourth-order valence-electron chi connectivity index (χ4n) is 2.32. The smallest absolute Gasteiger partial charge is 0.00179 e. The second kappa shape index (κ2) is 3.78. The quantitative estimate of drug-likeness (QED) is 0.678. The summed E-state index contributed by atoms with van der Waals surface area (Å²) in [6, 6.07) is 0. The molecule has 0 aliphatic heterocycles. The highest BCUT2D eigenvalue weighted by atomic mass is 14.9. The zero-order valence-electron chi connectivity index (χ0n) is 8.18. The van der Waals surface area contributed by atoms with E-state index in [0.29, 0.717) is 0 Å². The molecule has 2 saturated carbocycles. The van der Waals surface area contributed by atoms with Crippen molar-refractivity contribution < 1.29 is 0 Å². The molecule has 2 fully saturated rings. The minimum Gasteiger partial charge on any atom is -0.316 e. The van der Waals surface area contributed by atoms with Gasteiger partial charge in [-0.05, 0) is 50.1 Å². The van der Waals surface area contributed by atoms with Gasteiger partial charge in [-0.2, -0.15) is 0 Å². The molecule has 1 nitrogen and oxygen atoms in total. The van der Waals surface area contributed by atoms with Gasteiger partial charge in [0.05, 0.1) is 0 Å². The average Bonchev–Trinajstić information content (AvgIpc) is 2.78. The predicted molar refractivity (Wildman–Crippen MR) is 52.1 cm³/mol. The van der Waals surface area contributed by atoms with E-state index >= 15 is 0 Å². The Morgan fingerprint density at radius 2 is 1.92 bits per heavy atom. The third-order valence-electron chi connectivity index (χ3n) is 3.58. The molecule has 70 valence electrons. The normalized spacial score (nSPS) is 35.8. The van der Waals surface area contributed by atoms with E-state index in [4.69, 9.17) is 0 Å². The van der Waals surface area contributed by atoms with Crippen LogP contribution in [0.2, 0.25) is 0 Å². The summed E-state index contributed by atoms with van der Waals surface area (Å²) in [4.78, 5) is 0. The highest BCUT2D eigenvalue weighted by molar-refractivity contribution is 4.79. The summed E-state index contributed by atoms with van der Waals surface area (Å²) in [5.41, 5.74) is 0. The molecule has 0 amide bonds. The third-order valence-corrected chi connectivity index (χ3v) is 3.58. The van der Waals surface area contributed by atoms with E-state index in [-0.39, 0.29) is 0 Å². The molecule has 2 rings (SSSR count). The van der Waals surface area contributed by atoms with Crippen LogP contribution in [0.1, 0.15) is 39.0 Å². The molecule has 0 bridgehead atoms. The van der Waals surface area contributed by atoms with Crippen LogP contribution in [0, 0.1) is 17.8 Å². The lowest BCUT2D eigenvalue weighted by Gasteiger charge is -2.15. The van der Waals surface area contributed by atoms with Gasteiger partial charge >= 0.3 is 0 Å². The van der Waals surface area contributed by atoms with Crippen molar-refractivity contribution in [3.8, 4) is 0 Å². The number of hydrogen-bond acceptors (Lipinski definition) is 1. The van der Waals surface area contributed by atoms with Crippen LogP contribution in [0.3, 0.4) is 0 Å². The molecule has 0 aromatic carbocycles. The molecule has 2 unspecified atom stereocenters. The van der Waals surface area contributed by atoms with Crippen LogP contribution < -0.4 is 5.32 Å². The van der Waals surface area contributed by atoms with Crippen molar-refractivity contribution >= 4 is 0 Å². The molecule has 0 saturated heterocycles. The lowest BCUT2D eigenvalue weighted by molar-refractivity contribution is 0.390. The SMILES string of the molecule is CC1CCCC1CNCC1CC1. The van der Waals surface area contributed by atoms with E-state index in [2.05, 4.69) is 12.2 Å².